The first-order chi connectivity index (χ1) is 9.71. The van der Waals surface area contributed by atoms with Crippen LogP contribution in [0.3, 0.4) is 0 Å². The Morgan fingerprint density at radius 1 is 1.00 bits per heavy atom. The van der Waals surface area contributed by atoms with Crippen LogP contribution in [0.5, 0.6) is 0 Å². The Hall–Kier alpha value is -0.650. The van der Waals surface area contributed by atoms with Crippen LogP contribution in [0.1, 0.15) is 44.9 Å². The third kappa shape index (κ3) is 3.41. The monoisotopic (exact) mass is 315 g/mol. The van der Waals surface area contributed by atoms with Gasteiger partial charge in [-0.15, -0.1) is 12.4 Å². The molecule has 5 nitrogen and oxygen atoms in total. The minimum Gasteiger partial charge on any atom is -0.314 e. The van der Waals surface area contributed by atoms with Gasteiger partial charge in [-0.05, 0) is 12.8 Å². The van der Waals surface area contributed by atoms with Gasteiger partial charge in [-0.3, -0.25) is 19.4 Å². The number of imide groups is 1. The minimum absolute atomic E-state index is 0. The molecular weight excluding hydrogens is 290 g/mol. The maximum atomic E-state index is 11.7. The van der Waals surface area contributed by atoms with Gasteiger partial charge < -0.3 is 5.32 Å². The molecule has 2 amide bonds. The summed E-state index contributed by atoms with van der Waals surface area (Å²) in [5.41, 5.74) is 0.280. The molecule has 0 aromatic heterocycles. The van der Waals surface area contributed by atoms with Crippen molar-refractivity contribution in [1.82, 2.24) is 15.1 Å². The molecule has 0 bridgehead atoms. The van der Waals surface area contributed by atoms with Crippen LogP contribution in [0.25, 0.3) is 0 Å². The highest BCUT2D eigenvalue weighted by Crippen LogP contribution is 2.34. The predicted octanol–water partition coefficient (Wildman–Crippen LogP) is 1.17. The van der Waals surface area contributed by atoms with Crippen molar-refractivity contribution in [3.63, 3.8) is 0 Å². The van der Waals surface area contributed by atoms with Crippen molar-refractivity contribution < 1.29 is 9.59 Å². The van der Waals surface area contributed by atoms with Crippen molar-refractivity contribution in [3.8, 4) is 0 Å². The number of hydrogen-bond donors (Lipinski definition) is 1. The molecule has 0 atom stereocenters. The number of amides is 2. The average Bonchev–Trinajstić information content (AvgIpc) is 2.78. The highest BCUT2D eigenvalue weighted by atomic mass is 35.5. The van der Waals surface area contributed by atoms with Crippen molar-refractivity contribution in [3.05, 3.63) is 0 Å². The molecule has 0 aromatic rings. The number of halogens is 1. The largest absolute Gasteiger partial charge is 0.314 e. The summed E-state index contributed by atoms with van der Waals surface area (Å²) in [7, 11) is 0. The van der Waals surface area contributed by atoms with Crippen molar-refractivity contribution in [2.75, 3.05) is 32.7 Å². The first-order valence-corrected chi connectivity index (χ1v) is 8.00. The van der Waals surface area contributed by atoms with Crippen LogP contribution in [-0.4, -0.2) is 59.9 Å². The van der Waals surface area contributed by atoms with Crippen LogP contribution < -0.4 is 5.32 Å². The number of hydrogen-bond acceptors (Lipinski definition) is 4. The Labute approximate surface area is 132 Å². The quantitative estimate of drug-likeness (QED) is 0.794. The first kappa shape index (κ1) is 16.7. The summed E-state index contributed by atoms with van der Waals surface area (Å²) in [4.78, 5) is 27.4. The van der Waals surface area contributed by atoms with Gasteiger partial charge in [0.2, 0.25) is 11.8 Å². The molecule has 21 heavy (non-hydrogen) atoms. The molecule has 0 radical (unpaired) electrons. The van der Waals surface area contributed by atoms with Crippen molar-refractivity contribution in [1.29, 1.82) is 0 Å². The maximum absolute atomic E-state index is 11.7. The second-order valence-electron chi connectivity index (χ2n) is 6.39. The van der Waals surface area contributed by atoms with E-state index in [1.807, 2.05) is 0 Å². The summed E-state index contributed by atoms with van der Waals surface area (Å²) in [5, 5.41) is 3.53. The molecule has 3 aliphatic rings. The molecule has 1 aliphatic carbocycles. The fourth-order valence-corrected chi connectivity index (χ4v) is 4.03. The number of likely N-dealkylation sites (tertiary alicyclic amines) is 1. The van der Waals surface area contributed by atoms with Crippen LogP contribution in [-0.2, 0) is 9.59 Å². The van der Waals surface area contributed by atoms with Gasteiger partial charge in [0.25, 0.3) is 0 Å². The van der Waals surface area contributed by atoms with E-state index in [9.17, 15) is 9.59 Å². The Morgan fingerprint density at radius 3 is 2.33 bits per heavy atom. The molecule has 2 heterocycles. The molecule has 1 N–H and O–H groups in total. The number of carbonyl (C=O) groups excluding carboxylic acids is 2. The average molecular weight is 316 g/mol. The van der Waals surface area contributed by atoms with E-state index in [2.05, 4.69) is 10.2 Å². The number of rotatable bonds is 3. The van der Waals surface area contributed by atoms with E-state index in [-0.39, 0.29) is 29.8 Å². The molecule has 120 valence electrons. The van der Waals surface area contributed by atoms with Crippen LogP contribution in [0.15, 0.2) is 0 Å². The number of nitrogens with one attached hydrogen (secondary N) is 1. The third-order valence-corrected chi connectivity index (χ3v) is 5.22. The lowest BCUT2D eigenvalue weighted by Crippen LogP contribution is -2.63. The third-order valence-electron chi connectivity index (χ3n) is 5.22. The van der Waals surface area contributed by atoms with Gasteiger partial charge in [0.15, 0.2) is 0 Å². The Bertz CT molecular complexity index is 372. The van der Waals surface area contributed by atoms with Crippen molar-refractivity contribution in [2.24, 2.45) is 0 Å². The van der Waals surface area contributed by atoms with Crippen LogP contribution >= 0.6 is 12.4 Å². The van der Waals surface area contributed by atoms with E-state index in [1.54, 1.807) is 0 Å². The van der Waals surface area contributed by atoms with Gasteiger partial charge in [0.05, 0.1) is 0 Å². The van der Waals surface area contributed by atoms with Crippen molar-refractivity contribution in [2.45, 2.75) is 50.5 Å². The molecule has 0 unspecified atom stereocenters. The van der Waals surface area contributed by atoms with E-state index < -0.39 is 0 Å². The number of piperazine rings is 1. The lowest BCUT2D eigenvalue weighted by molar-refractivity contribution is -0.139. The predicted molar refractivity (Wildman–Crippen MR) is 83.5 cm³/mol. The highest BCUT2D eigenvalue weighted by molar-refractivity contribution is 6.01. The molecule has 0 aromatic carbocycles. The summed E-state index contributed by atoms with van der Waals surface area (Å²) < 4.78 is 0. The van der Waals surface area contributed by atoms with Gasteiger partial charge in [-0.25, -0.2) is 0 Å². The van der Waals surface area contributed by atoms with Crippen LogP contribution in [0.4, 0.5) is 0 Å². The van der Waals surface area contributed by atoms with E-state index in [0.717, 1.165) is 26.2 Å². The molecular formula is C15H26ClN3O2. The second-order valence-corrected chi connectivity index (χ2v) is 6.39. The zero-order valence-electron chi connectivity index (χ0n) is 12.6. The van der Waals surface area contributed by atoms with Gasteiger partial charge in [-0.1, -0.05) is 19.3 Å². The maximum Gasteiger partial charge on any atom is 0.229 e. The highest BCUT2D eigenvalue weighted by Gasteiger charge is 2.40. The second kappa shape index (κ2) is 7.07. The standard InChI is InChI=1S/C15H25N3O2.ClH/c19-13-4-5-14(20)18(13)11-10-17-9-8-16-12-15(17)6-2-1-3-7-15;/h16H,1-12H2;1H. The number of nitrogens with zero attached hydrogens (tertiary/aromatic N) is 2. The van der Waals surface area contributed by atoms with Gasteiger partial charge in [0.1, 0.15) is 0 Å². The van der Waals surface area contributed by atoms with Gasteiger partial charge in [0, 0.05) is 51.1 Å². The normalized spacial score (nSPS) is 26.2. The molecule has 3 rings (SSSR count). The molecule has 1 spiro atoms. The Kier molecular flexibility index (Phi) is 5.63. The van der Waals surface area contributed by atoms with Gasteiger partial charge in [-0.2, -0.15) is 0 Å². The molecule has 2 aliphatic heterocycles. The summed E-state index contributed by atoms with van der Waals surface area (Å²) >= 11 is 0. The SMILES string of the molecule is Cl.O=C1CCC(=O)N1CCN1CCNCC12CCCCC2. The lowest BCUT2D eigenvalue weighted by atomic mass is 9.79. The summed E-state index contributed by atoms with van der Waals surface area (Å²) in [5.74, 6) is 0.0330. The first-order valence-electron chi connectivity index (χ1n) is 8.00. The minimum atomic E-state index is 0. The fraction of sp³-hybridized carbons (Fsp3) is 0.867. The van der Waals surface area contributed by atoms with E-state index in [1.165, 1.54) is 37.0 Å². The fourth-order valence-electron chi connectivity index (χ4n) is 4.03. The van der Waals surface area contributed by atoms with E-state index in [4.69, 9.17) is 0 Å². The van der Waals surface area contributed by atoms with Crippen molar-refractivity contribution >= 4 is 24.2 Å². The van der Waals surface area contributed by atoms with E-state index >= 15 is 0 Å². The zero-order chi connectivity index (χ0) is 14.0. The molecule has 6 heteroatoms. The zero-order valence-corrected chi connectivity index (χ0v) is 13.4. The van der Waals surface area contributed by atoms with Crippen LogP contribution in [0, 0.1) is 0 Å². The molecule has 2 saturated heterocycles. The van der Waals surface area contributed by atoms with Crippen LogP contribution in [0.2, 0.25) is 0 Å². The van der Waals surface area contributed by atoms with E-state index in [0.29, 0.717) is 19.4 Å². The summed E-state index contributed by atoms with van der Waals surface area (Å²) in [6.45, 7) is 4.55. The Morgan fingerprint density at radius 2 is 1.67 bits per heavy atom. The molecule has 3 fully saturated rings. The topological polar surface area (TPSA) is 52.7 Å². The molecule has 1 saturated carbocycles. The summed E-state index contributed by atoms with van der Waals surface area (Å²) in [6.07, 6.45) is 7.28. The number of carbonyl (C=O) groups is 2. The Balaban J connectivity index is 0.00000161. The van der Waals surface area contributed by atoms with Gasteiger partial charge >= 0.3 is 0 Å². The smallest absolute Gasteiger partial charge is 0.229 e. The lowest BCUT2D eigenvalue weighted by Gasteiger charge is -2.50. The summed E-state index contributed by atoms with van der Waals surface area (Å²) in [6, 6.07) is 0.